The molecule has 1 N–H and O–H groups in total. The number of halogens is 2. The highest BCUT2D eigenvalue weighted by Crippen LogP contribution is 2.26. The van der Waals surface area contributed by atoms with E-state index in [2.05, 4.69) is 5.32 Å². The lowest BCUT2D eigenvalue weighted by atomic mass is 10.1. The number of rotatable bonds is 5. The van der Waals surface area contributed by atoms with E-state index in [0.717, 1.165) is 10.7 Å². The molecule has 1 aliphatic heterocycles. The van der Waals surface area contributed by atoms with E-state index in [1.165, 1.54) is 42.5 Å². The van der Waals surface area contributed by atoms with Gasteiger partial charge in [0, 0.05) is 23.7 Å². The molecule has 0 saturated carbocycles. The largest absolute Gasteiger partial charge is 0.355 e. The van der Waals surface area contributed by atoms with Crippen LogP contribution in [0.5, 0.6) is 0 Å². The normalized spacial score (nSPS) is 18.2. The van der Waals surface area contributed by atoms with E-state index in [1.54, 1.807) is 6.07 Å². The summed E-state index contributed by atoms with van der Waals surface area (Å²) in [7, 11) is -4.03. The van der Waals surface area contributed by atoms with Crippen LogP contribution in [0.25, 0.3) is 0 Å². The maximum Gasteiger partial charge on any atom is 0.244 e. The van der Waals surface area contributed by atoms with E-state index in [1.807, 2.05) is 0 Å². The highest BCUT2D eigenvalue weighted by Gasteiger charge is 2.36. The Hall–Kier alpha value is -1.96. The first kappa shape index (κ1) is 19.8. The van der Waals surface area contributed by atoms with E-state index in [4.69, 9.17) is 11.6 Å². The Morgan fingerprint density at radius 2 is 1.81 bits per heavy atom. The Labute approximate surface area is 163 Å². The molecule has 0 spiro atoms. The first-order chi connectivity index (χ1) is 12.9. The van der Waals surface area contributed by atoms with Crippen molar-refractivity contribution in [3.05, 3.63) is 64.9 Å². The van der Waals surface area contributed by atoms with Crippen molar-refractivity contribution < 1.29 is 17.6 Å². The fourth-order valence-electron chi connectivity index (χ4n) is 3.10. The molecule has 3 rings (SSSR count). The Kier molecular flexibility index (Phi) is 6.14. The van der Waals surface area contributed by atoms with Crippen molar-refractivity contribution in [1.29, 1.82) is 0 Å². The van der Waals surface area contributed by atoms with Gasteiger partial charge in [0.25, 0.3) is 0 Å². The third kappa shape index (κ3) is 4.48. The topological polar surface area (TPSA) is 66.5 Å². The number of benzene rings is 2. The third-order valence-electron chi connectivity index (χ3n) is 4.56. The smallest absolute Gasteiger partial charge is 0.244 e. The third-order valence-corrected chi connectivity index (χ3v) is 6.68. The van der Waals surface area contributed by atoms with Gasteiger partial charge in [-0.05, 0) is 49.6 Å². The van der Waals surface area contributed by atoms with E-state index in [0.29, 0.717) is 24.4 Å². The fraction of sp³-hybridized carbons (Fsp3) is 0.316. The molecule has 8 heteroatoms. The highest BCUT2D eigenvalue weighted by atomic mass is 35.5. The lowest BCUT2D eigenvalue weighted by Crippen LogP contribution is -2.48. The maximum absolute atomic E-state index is 14.2. The summed E-state index contributed by atoms with van der Waals surface area (Å²) in [6, 6.07) is 10.8. The lowest BCUT2D eigenvalue weighted by molar-refractivity contribution is -0.124. The minimum atomic E-state index is -4.03. The van der Waals surface area contributed by atoms with Crippen LogP contribution in [0.2, 0.25) is 5.02 Å². The summed E-state index contributed by atoms with van der Waals surface area (Å²) in [5, 5.41) is 3.15. The Morgan fingerprint density at radius 1 is 1.11 bits per heavy atom. The second-order valence-corrected chi connectivity index (χ2v) is 8.73. The van der Waals surface area contributed by atoms with Crippen LogP contribution < -0.4 is 5.32 Å². The summed E-state index contributed by atoms with van der Waals surface area (Å²) < 4.78 is 41.9. The van der Waals surface area contributed by atoms with Crippen molar-refractivity contribution >= 4 is 27.5 Å². The second kappa shape index (κ2) is 8.37. The van der Waals surface area contributed by atoms with Gasteiger partial charge in [-0.1, -0.05) is 29.8 Å². The highest BCUT2D eigenvalue weighted by molar-refractivity contribution is 7.89. The maximum atomic E-state index is 14.2. The van der Waals surface area contributed by atoms with Crippen LogP contribution >= 0.6 is 11.6 Å². The van der Waals surface area contributed by atoms with Crippen LogP contribution in [0.3, 0.4) is 0 Å². The second-order valence-electron chi connectivity index (χ2n) is 6.40. The number of nitrogens with one attached hydrogen (secondary N) is 1. The van der Waals surface area contributed by atoms with Gasteiger partial charge >= 0.3 is 0 Å². The molecule has 1 atom stereocenters. The monoisotopic (exact) mass is 410 g/mol. The molecule has 1 fully saturated rings. The predicted molar refractivity (Wildman–Crippen MR) is 101 cm³/mol. The van der Waals surface area contributed by atoms with Crippen LogP contribution in [0.15, 0.2) is 53.4 Å². The molecular formula is C19H20ClFN2O3S. The number of amides is 1. The molecule has 1 unspecified atom stereocenters. The van der Waals surface area contributed by atoms with E-state index >= 15 is 0 Å². The molecule has 5 nitrogen and oxygen atoms in total. The summed E-state index contributed by atoms with van der Waals surface area (Å²) in [5.41, 5.74) is 0.215. The average Bonchev–Trinajstić information content (AvgIpc) is 2.85. The Morgan fingerprint density at radius 3 is 2.52 bits per heavy atom. The molecule has 2 aromatic rings. The molecular weight excluding hydrogens is 391 g/mol. The number of carbonyl (C=O) groups is 1. The van der Waals surface area contributed by atoms with Gasteiger partial charge in [0.05, 0.1) is 4.90 Å². The van der Waals surface area contributed by atoms with E-state index in [-0.39, 0.29) is 22.9 Å². The Bertz CT molecular complexity index is 919. The average molecular weight is 411 g/mol. The molecule has 0 radical (unpaired) electrons. The van der Waals surface area contributed by atoms with Crippen molar-refractivity contribution in [1.82, 2.24) is 9.62 Å². The predicted octanol–water partition coefficient (Wildman–Crippen LogP) is 3.34. The summed E-state index contributed by atoms with van der Waals surface area (Å²) in [6.07, 6.45) is 1.86. The zero-order chi connectivity index (χ0) is 19.4. The van der Waals surface area contributed by atoms with Crippen molar-refractivity contribution in [3.8, 4) is 0 Å². The molecule has 0 bridgehead atoms. The van der Waals surface area contributed by atoms with Gasteiger partial charge in [-0.25, -0.2) is 12.8 Å². The number of hydrogen-bond donors (Lipinski definition) is 1. The van der Waals surface area contributed by atoms with Crippen molar-refractivity contribution in [2.75, 3.05) is 6.54 Å². The lowest BCUT2D eigenvalue weighted by Gasteiger charge is -2.29. The van der Waals surface area contributed by atoms with E-state index in [9.17, 15) is 17.6 Å². The van der Waals surface area contributed by atoms with Gasteiger partial charge in [-0.3, -0.25) is 4.79 Å². The van der Waals surface area contributed by atoms with Crippen LogP contribution in [-0.4, -0.2) is 31.2 Å². The van der Waals surface area contributed by atoms with Gasteiger partial charge in [0.15, 0.2) is 0 Å². The van der Waals surface area contributed by atoms with Gasteiger partial charge < -0.3 is 5.32 Å². The fourth-order valence-corrected chi connectivity index (χ4v) is 4.82. The van der Waals surface area contributed by atoms with Crippen LogP contribution in [0.1, 0.15) is 24.8 Å². The van der Waals surface area contributed by atoms with Gasteiger partial charge in [0.1, 0.15) is 11.9 Å². The number of hydrogen-bond acceptors (Lipinski definition) is 3. The summed E-state index contributed by atoms with van der Waals surface area (Å²) in [4.78, 5) is 12.5. The van der Waals surface area contributed by atoms with E-state index < -0.39 is 21.9 Å². The number of sulfonamides is 1. The summed E-state index contributed by atoms with van der Waals surface area (Å²) in [6.45, 7) is 0.277. The zero-order valence-electron chi connectivity index (χ0n) is 14.6. The van der Waals surface area contributed by atoms with Crippen molar-refractivity contribution in [2.24, 2.45) is 0 Å². The standard InChI is InChI=1S/C19H20ClFN2O3S/c20-15-8-10-16(11-9-15)27(25,26)23(13-14-5-1-2-6-17(14)21)18-7-3-4-12-22-19(18)24/h1-2,5-6,8-11,18H,3-4,7,12-13H2,(H,22,24). The first-order valence-electron chi connectivity index (χ1n) is 8.68. The molecule has 1 saturated heterocycles. The van der Waals surface area contributed by atoms with Crippen LogP contribution in [0.4, 0.5) is 4.39 Å². The van der Waals surface area contributed by atoms with Gasteiger partial charge in [-0.15, -0.1) is 0 Å². The molecule has 0 aliphatic carbocycles. The van der Waals surface area contributed by atoms with Crippen molar-refractivity contribution in [2.45, 2.75) is 36.7 Å². The number of carbonyl (C=O) groups excluding carboxylic acids is 1. The molecule has 1 amide bonds. The summed E-state index contributed by atoms with van der Waals surface area (Å²) >= 11 is 5.86. The molecule has 2 aromatic carbocycles. The molecule has 1 aliphatic rings. The summed E-state index contributed by atoms with van der Waals surface area (Å²) in [5.74, 6) is -0.871. The molecule has 1 heterocycles. The van der Waals surface area contributed by atoms with Gasteiger partial charge in [0.2, 0.25) is 15.9 Å². The molecule has 144 valence electrons. The Balaban J connectivity index is 2.04. The number of nitrogens with zero attached hydrogens (tertiary/aromatic N) is 1. The molecule has 0 aromatic heterocycles. The quantitative estimate of drug-likeness (QED) is 0.822. The SMILES string of the molecule is O=C1NCCCCC1N(Cc1ccccc1F)S(=O)(=O)c1ccc(Cl)cc1. The van der Waals surface area contributed by atoms with Crippen LogP contribution in [0, 0.1) is 5.82 Å². The first-order valence-corrected chi connectivity index (χ1v) is 10.5. The molecule has 27 heavy (non-hydrogen) atoms. The van der Waals surface area contributed by atoms with Gasteiger partial charge in [-0.2, -0.15) is 4.31 Å². The van der Waals surface area contributed by atoms with Crippen LogP contribution in [-0.2, 0) is 21.4 Å². The zero-order valence-corrected chi connectivity index (χ0v) is 16.1. The van der Waals surface area contributed by atoms with Crippen molar-refractivity contribution in [3.63, 3.8) is 0 Å². The minimum Gasteiger partial charge on any atom is -0.355 e. The minimum absolute atomic E-state index is 0.0142.